The third-order valence-corrected chi connectivity index (χ3v) is 8.44. The molecule has 32 heavy (non-hydrogen) atoms. The van der Waals surface area contributed by atoms with Gasteiger partial charge in [0.15, 0.2) is 0 Å². The van der Waals surface area contributed by atoms with Crippen LogP contribution in [-0.2, 0) is 0 Å². The minimum Gasteiger partial charge on any atom is -0.390 e. The van der Waals surface area contributed by atoms with E-state index in [1.807, 2.05) is 17.8 Å². The molecule has 3 unspecified atom stereocenters. The molecule has 2 aromatic rings. The number of nitrogens with one attached hydrogen (secondary N) is 2. The highest BCUT2D eigenvalue weighted by molar-refractivity contribution is 7.99. The van der Waals surface area contributed by atoms with Gasteiger partial charge in [0.1, 0.15) is 5.82 Å². The number of anilines is 4. The molecule has 2 bridgehead atoms. The number of benzene rings is 1. The lowest BCUT2D eigenvalue weighted by molar-refractivity contribution is -0.0707. The molecule has 6 nitrogen and oxygen atoms in total. The average molecular weight is 454 g/mol. The van der Waals surface area contributed by atoms with Crippen molar-refractivity contribution in [2.75, 3.05) is 40.1 Å². The second kappa shape index (κ2) is 9.10. The number of aliphatic hydroxyl groups is 1. The Hall–Kier alpha value is -1.99. The van der Waals surface area contributed by atoms with Crippen molar-refractivity contribution < 1.29 is 5.11 Å². The Morgan fingerprint density at radius 3 is 2.72 bits per heavy atom. The molecule has 5 rings (SSSR count). The Bertz CT molecular complexity index is 919. The fourth-order valence-electron chi connectivity index (χ4n) is 5.97. The number of thioether (sulfide) groups is 1. The van der Waals surface area contributed by atoms with Crippen molar-refractivity contribution in [1.29, 1.82) is 0 Å². The van der Waals surface area contributed by atoms with E-state index in [1.54, 1.807) is 6.20 Å². The lowest BCUT2D eigenvalue weighted by Gasteiger charge is -2.51. The molecular formula is C25H35N5OS. The summed E-state index contributed by atoms with van der Waals surface area (Å²) in [5.74, 6) is 4.43. The highest BCUT2D eigenvalue weighted by atomic mass is 32.2. The molecule has 0 amide bonds. The average Bonchev–Trinajstić information content (AvgIpc) is 2.80. The summed E-state index contributed by atoms with van der Waals surface area (Å²) in [6.45, 7) is 4.45. The second-order valence-corrected chi connectivity index (χ2v) is 11.1. The third-order valence-electron chi connectivity index (χ3n) is 7.50. The highest BCUT2D eigenvalue weighted by Gasteiger charge is 2.48. The van der Waals surface area contributed by atoms with Crippen LogP contribution in [0.25, 0.3) is 0 Å². The maximum Gasteiger partial charge on any atom is 0.229 e. The van der Waals surface area contributed by atoms with Crippen LogP contribution in [0.2, 0.25) is 0 Å². The molecular weight excluding hydrogens is 418 g/mol. The second-order valence-electron chi connectivity index (χ2n) is 9.86. The van der Waals surface area contributed by atoms with Gasteiger partial charge in [-0.05, 0) is 68.4 Å². The first-order chi connectivity index (χ1) is 15.5. The van der Waals surface area contributed by atoms with Crippen LogP contribution in [0.3, 0.4) is 0 Å². The number of aromatic nitrogens is 2. The van der Waals surface area contributed by atoms with Gasteiger partial charge in [0, 0.05) is 47.7 Å². The summed E-state index contributed by atoms with van der Waals surface area (Å²) in [4.78, 5) is 11.6. The van der Waals surface area contributed by atoms with Gasteiger partial charge in [-0.1, -0.05) is 19.8 Å². The number of fused-ring (bicyclic) bond motifs is 2. The topological polar surface area (TPSA) is 73.3 Å². The summed E-state index contributed by atoms with van der Waals surface area (Å²) < 4.78 is 0. The maximum absolute atomic E-state index is 11.1. The summed E-state index contributed by atoms with van der Waals surface area (Å²) >= 11 is 2.03. The van der Waals surface area contributed by atoms with Crippen LogP contribution in [0, 0.1) is 5.92 Å². The lowest BCUT2D eigenvalue weighted by Crippen LogP contribution is -2.54. The number of hydrogen-bond acceptors (Lipinski definition) is 7. The molecule has 7 heteroatoms. The normalized spacial score (nSPS) is 30.1. The summed E-state index contributed by atoms with van der Waals surface area (Å²) in [6, 6.07) is 10.5. The molecule has 2 aliphatic carbocycles. The van der Waals surface area contributed by atoms with Gasteiger partial charge in [-0.2, -0.15) is 16.7 Å². The zero-order valence-corrected chi connectivity index (χ0v) is 19.8. The Kier molecular flexibility index (Phi) is 6.21. The van der Waals surface area contributed by atoms with E-state index in [0.717, 1.165) is 63.1 Å². The molecule has 3 aliphatic rings. The fraction of sp³-hybridized carbons (Fsp3) is 0.600. The van der Waals surface area contributed by atoms with Crippen LogP contribution < -0.4 is 15.5 Å². The van der Waals surface area contributed by atoms with Crippen molar-refractivity contribution in [3.8, 4) is 0 Å². The van der Waals surface area contributed by atoms with Crippen LogP contribution in [0.15, 0.2) is 36.5 Å². The van der Waals surface area contributed by atoms with E-state index >= 15 is 0 Å². The molecule has 0 spiro atoms. The molecule has 1 aromatic carbocycles. The predicted octanol–water partition coefficient (Wildman–Crippen LogP) is 5.05. The Balaban J connectivity index is 1.27. The van der Waals surface area contributed by atoms with Crippen LogP contribution in [0.1, 0.15) is 51.9 Å². The van der Waals surface area contributed by atoms with Crippen molar-refractivity contribution in [3.05, 3.63) is 36.5 Å². The van der Waals surface area contributed by atoms with Crippen molar-refractivity contribution >= 4 is 34.9 Å². The number of hydrogen-bond donors (Lipinski definition) is 3. The zero-order chi connectivity index (χ0) is 22.0. The summed E-state index contributed by atoms with van der Waals surface area (Å²) in [7, 11) is 0. The molecule has 1 aromatic heterocycles. The third kappa shape index (κ3) is 4.84. The van der Waals surface area contributed by atoms with E-state index in [9.17, 15) is 5.11 Å². The Morgan fingerprint density at radius 1 is 1.16 bits per heavy atom. The van der Waals surface area contributed by atoms with Crippen molar-refractivity contribution in [2.45, 2.75) is 63.0 Å². The van der Waals surface area contributed by atoms with Gasteiger partial charge in [-0.15, -0.1) is 0 Å². The fourth-order valence-corrected chi connectivity index (χ4v) is 6.87. The van der Waals surface area contributed by atoms with Gasteiger partial charge >= 0.3 is 0 Å². The van der Waals surface area contributed by atoms with Crippen LogP contribution in [-0.4, -0.2) is 50.8 Å². The molecule has 1 aliphatic heterocycles. The first-order valence-electron chi connectivity index (χ1n) is 12.1. The molecule has 3 fully saturated rings. The van der Waals surface area contributed by atoms with Gasteiger partial charge in [0.2, 0.25) is 5.95 Å². The quantitative estimate of drug-likeness (QED) is 0.565. The Labute approximate surface area is 195 Å². The summed E-state index contributed by atoms with van der Waals surface area (Å²) in [5.41, 5.74) is 1.65. The molecule has 1 saturated heterocycles. The van der Waals surface area contributed by atoms with Gasteiger partial charge < -0.3 is 20.6 Å². The Morgan fingerprint density at radius 2 is 1.97 bits per heavy atom. The summed E-state index contributed by atoms with van der Waals surface area (Å²) in [6.07, 6.45) is 8.96. The number of rotatable bonds is 6. The zero-order valence-electron chi connectivity index (χ0n) is 19.0. The monoisotopic (exact) mass is 453 g/mol. The number of nitrogens with zero attached hydrogens (tertiary/aromatic N) is 3. The smallest absolute Gasteiger partial charge is 0.229 e. The van der Waals surface area contributed by atoms with E-state index < -0.39 is 5.60 Å². The van der Waals surface area contributed by atoms with Crippen LogP contribution >= 0.6 is 11.8 Å². The molecule has 3 N–H and O–H groups in total. The van der Waals surface area contributed by atoms with Crippen molar-refractivity contribution in [2.24, 2.45) is 5.92 Å². The van der Waals surface area contributed by atoms with Crippen molar-refractivity contribution in [3.63, 3.8) is 0 Å². The minimum absolute atomic E-state index is 0.0991. The van der Waals surface area contributed by atoms with E-state index in [1.165, 1.54) is 23.6 Å². The first kappa shape index (κ1) is 21.8. The van der Waals surface area contributed by atoms with E-state index in [0.29, 0.717) is 11.9 Å². The van der Waals surface area contributed by atoms with Crippen molar-refractivity contribution in [1.82, 2.24) is 9.97 Å². The van der Waals surface area contributed by atoms with E-state index in [4.69, 9.17) is 4.98 Å². The minimum atomic E-state index is -0.521. The lowest BCUT2D eigenvalue weighted by atomic mass is 9.61. The molecule has 2 heterocycles. The SMILES string of the molecule is CCC1(Nc2ccnc(Nc3ccc(N4CCSCC4)cc3)n2)CC2CCCC(O)(C2)C1. The standard InChI is InChI=1S/C25H35N5OS/c1-2-24(16-19-4-3-10-25(31,17-19)18-24)29-22-9-11-26-23(28-22)27-20-5-7-21(8-6-20)30-12-14-32-15-13-30/h5-9,11,19,31H,2-4,10,12-18H2,1H3,(H2,26,27,28,29). The van der Waals surface area contributed by atoms with E-state index in [2.05, 4.69) is 51.7 Å². The molecule has 172 valence electrons. The van der Waals surface area contributed by atoms with Crippen LogP contribution in [0.4, 0.5) is 23.1 Å². The first-order valence-corrected chi connectivity index (χ1v) is 13.2. The largest absolute Gasteiger partial charge is 0.390 e. The van der Waals surface area contributed by atoms with Gasteiger partial charge in [0.25, 0.3) is 0 Å². The van der Waals surface area contributed by atoms with Gasteiger partial charge in [0.05, 0.1) is 5.60 Å². The molecule has 2 saturated carbocycles. The van der Waals surface area contributed by atoms with Gasteiger partial charge in [-0.25, -0.2) is 4.98 Å². The predicted molar refractivity (Wildman–Crippen MR) is 134 cm³/mol. The molecule has 0 radical (unpaired) electrons. The summed E-state index contributed by atoms with van der Waals surface area (Å²) in [5, 5.41) is 18.2. The van der Waals surface area contributed by atoms with Gasteiger partial charge in [-0.3, -0.25) is 0 Å². The maximum atomic E-state index is 11.1. The highest BCUT2D eigenvalue weighted by Crippen LogP contribution is 2.49. The van der Waals surface area contributed by atoms with Crippen LogP contribution in [0.5, 0.6) is 0 Å². The van der Waals surface area contributed by atoms with E-state index in [-0.39, 0.29) is 5.54 Å². The molecule has 3 atom stereocenters.